The van der Waals surface area contributed by atoms with Gasteiger partial charge in [0.15, 0.2) is 5.82 Å². The van der Waals surface area contributed by atoms with Gasteiger partial charge in [-0.15, -0.1) is 26.6 Å². The van der Waals surface area contributed by atoms with Crippen LogP contribution in [0.15, 0.2) is 28.1 Å². The molecule has 7 nitrogen and oxygen atoms in total. The van der Waals surface area contributed by atoms with E-state index in [-0.39, 0.29) is 0 Å². The zero-order valence-corrected chi connectivity index (χ0v) is 9.46. The third-order valence-corrected chi connectivity index (χ3v) is 2.91. The Balaban J connectivity index is 1.81. The number of hydrogen-bond acceptors (Lipinski definition) is 7. The van der Waals surface area contributed by atoms with Gasteiger partial charge in [0.25, 0.3) is 5.89 Å². The summed E-state index contributed by atoms with van der Waals surface area (Å²) in [6.07, 6.45) is 1.61. The summed E-state index contributed by atoms with van der Waals surface area (Å²) in [6.45, 7) is 0.364. The van der Waals surface area contributed by atoms with Gasteiger partial charge in [-0.2, -0.15) is 0 Å². The summed E-state index contributed by atoms with van der Waals surface area (Å²) in [5.74, 6) is 1.35. The van der Waals surface area contributed by atoms with E-state index in [0.717, 1.165) is 4.88 Å². The van der Waals surface area contributed by atoms with Crippen molar-refractivity contribution < 1.29 is 4.42 Å². The van der Waals surface area contributed by atoms with Crippen LogP contribution in [-0.4, -0.2) is 25.2 Å². The number of nitrogen functional groups attached to an aromatic ring is 1. The topological polar surface area (TPSA) is 95.7 Å². The maximum atomic E-state index is 5.50. The molecule has 0 aliphatic carbocycles. The summed E-state index contributed by atoms with van der Waals surface area (Å²) in [5.41, 5.74) is 5.46. The predicted octanol–water partition coefficient (Wildman–Crippen LogP) is 1.02. The minimum atomic E-state index is 0.364. The summed E-state index contributed by atoms with van der Waals surface area (Å²) < 4.78 is 7.04. The second kappa shape index (κ2) is 3.98. The average molecular weight is 248 g/mol. The van der Waals surface area contributed by atoms with Gasteiger partial charge >= 0.3 is 0 Å². The standard InChI is InChI=1S/C9H8N6OS/c10-7-4-15(14-11-7)5-8-12-13-9(16-8)6-2-1-3-17-6/h1-4H,5,10H2. The van der Waals surface area contributed by atoms with Crippen LogP contribution in [0, 0.1) is 0 Å². The first kappa shape index (κ1) is 9.97. The van der Waals surface area contributed by atoms with Gasteiger partial charge in [0, 0.05) is 0 Å². The normalized spacial score (nSPS) is 10.8. The average Bonchev–Trinajstić information content (AvgIpc) is 3.00. The molecule has 0 amide bonds. The van der Waals surface area contributed by atoms with Crippen LogP contribution in [0.3, 0.4) is 0 Å². The van der Waals surface area contributed by atoms with Gasteiger partial charge in [-0.25, -0.2) is 4.68 Å². The number of thiophene rings is 1. The van der Waals surface area contributed by atoms with Crippen molar-refractivity contribution in [3.05, 3.63) is 29.6 Å². The fourth-order valence-electron chi connectivity index (χ4n) is 1.35. The molecule has 0 radical (unpaired) electrons. The number of rotatable bonds is 3. The van der Waals surface area contributed by atoms with E-state index in [1.165, 1.54) is 0 Å². The van der Waals surface area contributed by atoms with Crippen LogP contribution in [-0.2, 0) is 6.54 Å². The molecule has 0 saturated heterocycles. The molecular formula is C9H8N6OS. The first-order valence-electron chi connectivity index (χ1n) is 4.83. The molecule has 0 aliphatic heterocycles. The Morgan fingerprint density at radius 1 is 1.35 bits per heavy atom. The first-order chi connectivity index (χ1) is 8.31. The SMILES string of the molecule is Nc1cn(Cc2nnc(-c3cccs3)o2)nn1. The predicted molar refractivity (Wildman–Crippen MR) is 61.1 cm³/mol. The fraction of sp³-hybridized carbons (Fsp3) is 0.111. The van der Waals surface area contributed by atoms with E-state index in [9.17, 15) is 0 Å². The Morgan fingerprint density at radius 3 is 3.00 bits per heavy atom. The Kier molecular flexibility index (Phi) is 2.33. The van der Waals surface area contributed by atoms with Crippen LogP contribution >= 0.6 is 11.3 Å². The van der Waals surface area contributed by atoms with Gasteiger partial charge in [0.1, 0.15) is 6.54 Å². The molecule has 0 bridgehead atoms. The van der Waals surface area contributed by atoms with Crippen molar-refractivity contribution >= 4 is 17.2 Å². The lowest BCUT2D eigenvalue weighted by molar-refractivity contribution is 0.470. The van der Waals surface area contributed by atoms with Crippen LogP contribution in [0.5, 0.6) is 0 Å². The van der Waals surface area contributed by atoms with Crippen LogP contribution in [0.4, 0.5) is 5.82 Å². The van der Waals surface area contributed by atoms with Crippen LogP contribution in [0.2, 0.25) is 0 Å². The molecule has 0 fully saturated rings. The van der Waals surface area contributed by atoms with Crippen molar-refractivity contribution in [3.63, 3.8) is 0 Å². The number of aromatic nitrogens is 5. The van der Waals surface area contributed by atoms with E-state index in [2.05, 4.69) is 20.5 Å². The highest BCUT2D eigenvalue weighted by Crippen LogP contribution is 2.22. The van der Waals surface area contributed by atoms with E-state index in [0.29, 0.717) is 24.1 Å². The smallest absolute Gasteiger partial charge is 0.257 e. The van der Waals surface area contributed by atoms with Gasteiger partial charge in [0.05, 0.1) is 11.1 Å². The lowest BCUT2D eigenvalue weighted by Crippen LogP contribution is -2.00. The molecule has 8 heteroatoms. The minimum absolute atomic E-state index is 0.364. The minimum Gasteiger partial charge on any atom is -0.418 e. The maximum Gasteiger partial charge on any atom is 0.257 e. The second-order valence-corrected chi connectivity index (χ2v) is 4.27. The van der Waals surface area contributed by atoms with Crippen molar-refractivity contribution in [2.45, 2.75) is 6.54 Å². The molecule has 0 aromatic carbocycles. The molecular weight excluding hydrogens is 240 g/mol. The summed E-state index contributed by atoms with van der Waals surface area (Å²) in [6, 6.07) is 3.86. The third kappa shape index (κ3) is 2.02. The van der Waals surface area contributed by atoms with Gasteiger partial charge < -0.3 is 10.2 Å². The summed E-state index contributed by atoms with van der Waals surface area (Å²) >= 11 is 1.55. The van der Waals surface area contributed by atoms with Crippen molar-refractivity contribution in [1.29, 1.82) is 0 Å². The monoisotopic (exact) mass is 248 g/mol. The van der Waals surface area contributed by atoms with Crippen LogP contribution in [0.25, 0.3) is 10.8 Å². The Bertz CT molecular complexity index is 613. The highest BCUT2D eigenvalue weighted by Gasteiger charge is 2.10. The summed E-state index contributed by atoms with van der Waals surface area (Å²) in [4.78, 5) is 0.946. The van der Waals surface area contributed by atoms with Gasteiger partial charge in [-0.05, 0) is 11.4 Å². The zero-order chi connectivity index (χ0) is 11.7. The van der Waals surface area contributed by atoms with Crippen molar-refractivity contribution in [3.8, 4) is 10.8 Å². The molecule has 0 aliphatic rings. The van der Waals surface area contributed by atoms with Crippen molar-refractivity contribution in [2.24, 2.45) is 0 Å². The Morgan fingerprint density at radius 2 is 2.29 bits per heavy atom. The molecule has 0 atom stereocenters. The highest BCUT2D eigenvalue weighted by molar-refractivity contribution is 7.13. The third-order valence-electron chi connectivity index (χ3n) is 2.05. The molecule has 3 rings (SSSR count). The molecule has 0 spiro atoms. The van der Waals surface area contributed by atoms with E-state index >= 15 is 0 Å². The molecule has 2 N–H and O–H groups in total. The fourth-order valence-corrected chi connectivity index (χ4v) is 1.99. The second-order valence-electron chi connectivity index (χ2n) is 3.32. The lowest BCUT2D eigenvalue weighted by Gasteiger charge is -1.92. The van der Waals surface area contributed by atoms with Gasteiger partial charge in [-0.1, -0.05) is 11.3 Å². The Labute approximate surface area is 99.9 Å². The molecule has 0 unspecified atom stereocenters. The largest absolute Gasteiger partial charge is 0.418 e. The number of nitrogens with two attached hydrogens (primary N) is 1. The molecule has 17 heavy (non-hydrogen) atoms. The van der Waals surface area contributed by atoms with Gasteiger partial charge in [-0.3, -0.25) is 0 Å². The zero-order valence-electron chi connectivity index (χ0n) is 8.65. The van der Waals surface area contributed by atoms with Gasteiger partial charge in [0.2, 0.25) is 5.89 Å². The first-order valence-corrected chi connectivity index (χ1v) is 5.71. The van der Waals surface area contributed by atoms with Crippen molar-refractivity contribution in [1.82, 2.24) is 25.2 Å². The molecule has 3 heterocycles. The molecule has 86 valence electrons. The summed E-state index contributed by atoms with van der Waals surface area (Å²) in [7, 11) is 0. The number of anilines is 1. The van der Waals surface area contributed by atoms with E-state index in [4.69, 9.17) is 10.2 Å². The molecule has 3 aromatic heterocycles. The van der Waals surface area contributed by atoms with E-state index < -0.39 is 0 Å². The lowest BCUT2D eigenvalue weighted by atomic mass is 10.5. The molecule has 3 aromatic rings. The van der Waals surface area contributed by atoms with Crippen LogP contribution < -0.4 is 5.73 Å². The van der Waals surface area contributed by atoms with Crippen molar-refractivity contribution in [2.75, 3.05) is 5.73 Å². The Hall–Kier alpha value is -2.22. The number of nitrogens with zero attached hydrogens (tertiary/aromatic N) is 5. The van der Waals surface area contributed by atoms with Crippen LogP contribution in [0.1, 0.15) is 5.89 Å². The summed E-state index contributed by atoms with van der Waals surface area (Å²) in [5, 5.41) is 17.3. The number of hydrogen-bond donors (Lipinski definition) is 1. The van der Waals surface area contributed by atoms with E-state index in [1.54, 1.807) is 22.2 Å². The maximum absolute atomic E-state index is 5.50. The quantitative estimate of drug-likeness (QED) is 0.743. The highest BCUT2D eigenvalue weighted by atomic mass is 32.1. The van der Waals surface area contributed by atoms with E-state index in [1.807, 2.05) is 17.5 Å². The molecule has 0 saturated carbocycles.